The molecule has 0 radical (unpaired) electrons. The van der Waals surface area contributed by atoms with Crippen molar-refractivity contribution in [3.63, 3.8) is 0 Å². The molecule has 0 aromatic heterocycles. The van der Waals surface area contributed by atoms with Crippen molar-refractivity contribution in [2.75, 3.05) is 6.61 Å². The average molecular weight is 582 g/mol. The zero-order valence-electron chi connectivity index (χ0n) is 20.8. The van der Waals surface area contributed by atoms with Crippen molar-refractivity contribution in [1.82, 2.24) is 0 Å². The van der Waals surface area contributed by atoms with Gasteiger partial charge in [0.15, 0.2) is 6.10 Å². The van der Waals surface area contributed by atoms with E-state index in [1.54, 1.807) is 24.3 Å². The van der Waals surface area contributed by atoms with Crippen LogP contribution in [0.2, 0.25) is 0 Å². The van der Waals surface area contributed by atoms with Gasteiger partial charge in [-0.25, -0.2) is 9.59 Å². The summed E-state index contributed by atoms with van der Waals surface area (Å²) in [5.74, 6) is -1.92. The molecule has 0 amide bonds. The Bertz CT molecular complexity index is 967. The van der Waals surface area contributed by atoms with E-state index in [4.69, 9.17) is 4.74 Å². The van der Waals surface area contributed by atoms with E-state index >= 15 is 0 Å². The highest BCUT2D eigenvalue weighted by molar-refractivity contribution is 9.10. The van der Waals surface area contributed by atoms with Crippen LogP contribution in [-0.2, 0) is 4.79 Å². The van der Waals surface area contributed by atoms with Crippen molar-refractivity contribution in [3.8, 4) is 5.75 Å². The van der Waals surface area contributed by atoms with Gasteiger partial charge >= 0.3 is 11.9 Å². The van der Waals surface area contributed by atoms with E-state index in [1.165, 1.54) is 63.5 Å². The van der Waals surface area contributed by atoms with E-state index in [9.17, 15) is 24.9 Å². The molecule has 2 aromatic rings. The summed E-state index contributed by atoms with van der Waals surface area (Å²) in [6.45, 7) is 2.73. The van der Waals surface area contributed by atoms with Gasteiger partial charge in [-0.15, -0.1) is 11.8 Å². The van der Waals surface area contributed by atoms with Crippen LogP contribution >= 0.6 is 27.7 Å². The highest BCUT2D eigenvalue weighted by Gasteiger charge is 2.31. The predicted octanol–water partition coefficient (Wildman–Crippen LogP) is 7.73. The molecule has 2 unspecified atom stereocenters. The molecule has 0 spiro atoms. The number of rotatable bonds is 18. The number of halogens is 1. The molecule has 0 saturated carbocycles. The molecule has 0 aliphatic rings. The lowest BCUT2D eigenvalue weighted by Crippen LogP contribution is -2.26. The maximum Gasteiger partial charge on any atom is 0.335 e. The number of carbonyl (C=O) groups is 2. The van der Waals surface area contributed by atoms with E-state index in [1.807, 2.05) is 6.07 Å². The third kappa shape index (κ3) is 10.5. The Morgan fingerprint density at radius 3 is 2.17 bits per heavy atom. The van der Waals surface area contributed by atoms with Crippen LogP contribution in [-0.4, -0.2) is 40.0 Å². The summed E-state index contributed by atoms with van der Waals surface area (Å²) in [5, 5.41) is 28.5. The van der Waals surface area contributed by atoms with Crippen LogP contribution in [0.1, 0.15) is 92.3 Å². The molecule has 0 saturated heterocycles. The molecule has 3 N–H and O–H groups in total. The predicted molar refractivity (Wildman–Crippen MR) is 147 cm³/mol. The van der Waals surface area contributed by atoms with Crippen molar-refractivity contribution < 1.29 is 29.6 Å². The second-order valence-electron chi connectivity index (χ2n) is 8.87. The third-order valence-corrected chi connectivity index (χ3v) is 7.70. The summed E-state index contributed by atoms with van der Waals surface area (Å²) in [7, 11) is 0. The molecule has 2 rings (SSSR count). The number of hydrogen-bond acceptors (Lipinski definition) is 5. The number of ether oxygens (including phenoxy) is 1. The van der Waals surface area contributed by atoms with Crippen molar-refractivity contribution >= 4 is 39.6 Å². The minimum Gasteiger partial charge on any atom is -0.493 e. The zero-order valence-corrected chi connectivity index (χ0v) is 23.2. The number of aliphatic hydroxyl groups excluding tert-OH is 1. The SMILES string of the molecule is CCCCCCCCCCCCOc1ccc(Br)cc1C(Sc1cccc(C(=O)O)c1)C(O)C(=O)O. The largest absolute Gasteiger partial charge is 0.493 e. The summed E-state index contributed by atoms with van der Waals surface area (Å²) >= 11 is 4.53. The Labute approximate surface area is 226 Å². The maximum absolute atomic E-state index is 11.7. The molecular weight excluding hydrogens is 544 g/mol. The molecule has 0 bridgehead atoms. The highest BCUT2D eigenvalue weighted by atomic mass is 79.9. The van der Waals surface area contributed by atoms with Crippen molar-refractivity contribution in [2.45, 2.75) is 87.4 Å². The maximum atomic E-state index is 11.7. The lowest BCUT2D eigenvalue weighted by molar-refractivity contribution is -0.146. The van der Waals surface area contributed by atoms with E-state index in [0.717, 1.165) is 29.1 Å². The van der Waals surface area contributed by atoms with E-state index < -0.39 is 23.3 Å². The summed E-state index contributed by atoms with van der Waals surface area (Å²) in [4.78, 5) is 23.6. The van der Waals surface area contributed by atoms with Crippen LogP contribution in [0.3, 0.4) is 0 Å². The van der Waals surface area contributed by atoms with Crippen molar-refractivity contribution in [3.05, 3.63) is 58.1 Å². The van der Waals surface area contributed by atoms with Crippen LogP contribution in [0.5, 0.6) is 5.75 Å². The van der Waals surface area contributed by atoms with Gasteiger partial charge in [0.25, 0.3) is 0 Å². The Morgan fingerprint density at radius 1 is 0.917 bits per heavy atom. The van der Waals surface area contributed by atoms with Crippen LogP contribution in [0, 0.1) is 0 Å². The Morgan fingerprint density at radius 2 is 1.56 bits per heavy atom. The second-order valence-corrected chi connectivity index (χ2v) is 11.0. The number of aliphatic carboxylic acids is 1. The Hall–Kier alpha value is -2.03. The normalized spacial score (nSPS) is 12.8. The van der Waals surface area contributed by atoms with E-state index in [2.05, 4.69) is 22.9 Å². The van der Waals surface area contributed by atoms with Gasteiger partial charge in [-0.2, -0.15) is 0 Å². The lowest BCUT2D eigenvalue weighted by atomic mass is 10.1. The number of hydrogen-bond donors (Lipinski definition) is 3. The molecule has 8 heteroatoms. The number of unbranched alkanes of at least 4 members (excludes halogenated alkanes) is 9. The smallest absolute Gasteiger partial charge is 0.335 e. The van der Waals surface area contributed by atoms with Gasteiger partial charge < -0.3 is 20.1 Å². The molecule has 36 heavy (non-hydrogen) atoms. The average Bonchev–Trinajstić information content (AvgIpc) is 2.86. The fourth-order valence-corrected chi connectivity index (χ4v) is 5.50. The number of aliphatic hydroxyl groups is 1. The first kappa shape index (κ1) is 30.2. The first-order chi connectivity index (χ1) is 17.3. The molecule has 2 aromatic carbocycles. The Kier molecular flexibility index (Phi) is 14.0. The van der Waals surface area contributed by atoms with E-state index in [0.29, 0.717) is 22.8 Å². The molecular formula is C28H37BrO6S. The molecule has 0 aliphatic heterocycles. The molecule has 0 heterocycles. The van der Waals surface area contributed by atoms with Gasteiger partial charge in [0.05, 0.1) is 17.4 Å². The summed E-state index contributed by atoms with van der Waals surface area (Å²) in [5.41, 5.74) is 0.632. The second kappa shape index (κ2) is 16.7. The number of carboxylic acids is 2. The third-order valence-electron chi connectivity index (χ3n) is 5.92. The van der Waals surface area contributed by atoms with Crippen molar-refractivity contribution in [1.29, 1.82) is 0 Å². The standard InChI is InChI=1S/C28H37BrO6S/c1-2-3-4-5-6-7-8-9-10-11-17-35-24-16-15-21(29)19-23(24)26(25(30)28(33)34)36-22-14-12-13-20(18-22)27(31)32/h12-16,18-19,25-26,30H,2-11,17H2,1H3,(H,31,32)(H,33,34). The fourth-order valence-electron chi connectivity index (χ4n) is 3.92. The van der Waals surface area contributed by atoms with Gasteiger partial charge in [0.1, 0.15) is 5.75 Å². The number of benzene rings is 2. The van der Waals surface area contributed by atoms with Gasteiger partial charge in [-0.3, -0.25) is 0 Å². The molecule has 198 valence electrons. The van der Waals surface area contributed by atoms with Crippen LogP contribution in [0.4, 0.5) is 0 Å². The fraction of sp³-hybridized carbons (Fsp3) is 0.500. The van der Waals surface area contributed by atoms with Gasteiger partial charge in [0, 0.05) is 14.9 Å². The topological polar surface area (TPSA) is 104 Å². The molecule has 0 aliphatic carbocycles. The van der Waals surface area contributed by atoms with Crippen LogP contribution < -0.4 is 4.74 Å². The minimum atomic E-state index is -1.71. The number of carboxylic acid groups (broad SMARTS) is 2. The summed E-state index contributed by atoms with van der Waals surface area (Å²) in [6, 6.07) is 11.6. The van der Waals surface area contributed by atoms with Crippen molar-refractivity contribution in [2.24, 2.45) is 0 Å². The summed E-state index contributed by atoms with van der Waals surface area (Å²) in [6.07, 6.45) is 10.5. The number of aromatic carboxylic acids is 1. The molecule has 2 atom stereocenters. The van der Waals surface area contributed by atoms with Crippen LogP contribution in [0.15, 0.2) is 51.8 Å². The van der Waals surface area contributed by atoms with E-state index in [-0.39, 0.29) is 5.56 Å². The Balaban J connectivity index is 2.01. The van der Waals surface area contributed by atoms with Crippen LogP contribution in [0.25, 0.3) is 0 Å². The number of thioether (sulfide) groups is 1. The van der Waals surface area contributed by atoms with Gasteiger partial charge in [-0.1, -0.05) is 86.7 Å². The zero-order chi connectivity index (χ0) is 26.3. The highest BCUT2D eigenvalue weighted by Crippen LogP contribution is 2.43. The minimum absolute atomic E-state index is 0.0928. The first-order valence-electron chi connectivity index (χ1n) is 12.7. The molecule has 0 fully saturated rings. The quantitative estimate of drug-likeness (QED) is 0.122. The summed E-state index contributed by atoms with van der Waals surface area (Å²) < 4.78 is 6.77. The van der Waals surface area contributed by atoms with Gasteiger partial charge in [0.2, 0.25) is 0 Å². The lowest BCUT2D eigenvalue weighted by Gasteiger charge is -2.23. The van der Waals surface area contributed by atoms with Gasteiger partial charge in [-0.05, 0) is 42.8 Å². The monoisotopic (exact) mass is 580 g/mol. The molecule has 6 nitrogen and oxygen atoms in total. The first-order valence-corrected chi connectivity index (χ1v) is 14.3.